The van der Waals surface area contributed by atoms with Gasteiger partial charge >= 0.3 is 0 Å². The van der Waals surface area contributed by atoms with E-state index in [2.05, 4.69) is 15.5 Å². The van der Waals surface area contributed by atoms with Gasteiger partial charge in [0.1, 0.15) is 0 Å². The van der Waals surface area contributed by atoms with Crippen molar-refractivity contribution in [3.63, 3.8) is 0 Å². The summed E-state index contributed by atoms with van der Waals surface area (Å²) in [6, 6.07) is 5.56. The van der Waals surface area contributed by atoms with Gasteiger partial charge in [0.15, 0.2) is 5.82 Å². The van der Waals surface area contributed by atoms with Crippen LogP contribution in [0.25, 0.3) is 11.4 Å². The van der Waals surface area contributed by atoms with Gasteiger partial charge in [-0.15, -0.1) is 5.10 Å². The fourth-order valence-corrected chi connectivity index (χ4v) is 1.58. The zero-order valence-electron chi connectivity index (χ0n) is 9.05. The largest absolute Gasteiger partial charge is 0.398 e. The Hall–Kier alpha value is -1.62. The molecule has 1 aromatic carbocycles. The summed E-state index contributed by atoms with van der Waals surface area (Å²) < 4.78 is 1.74. The number of hydrogen-bond donors (Lipinski definition) is 1. The Labute approximate surface area is 98.2 Å². The lowest BCUT2D eigenvalue weighted by Gasteiger charge is -2.08. The number of aromatic nitrogens is 4. The zero-order chi connectivity index (χ0) is 11.7. The lowest BCUT2D eigenvalue weighted by Crippen LogP contribution is -2.05. The van der Waals surface area contributed by atoms with Crippen LogP contribution in [-0.2, 0) is 0 Å². The summed E-state index contributed by atoms with van der Waals surface area (Å²) in [7, 11) is 0. The van der Waals surface area contributed by atoms with Gasteiger partial charge in [0, 0.05) is 5.56 Å². The van der Waals surface area contributed by atoms with Crippen molar-refractivity contribution in [3.8, 4) is 11.4 Å². The van der Waals surface area contributed by atoms with Crippen LogP contribution in [0.3, 0.4) is 0 Å². The molecule has 5 nitrogen and oxygen atoms in total. The van der Waals surface area contributed by atoms with Crippen LogP contribution in [0.1, 0.15) is 19.9 Å². The Morgan fingerprint density at radius 1 is 1.38 bits per heavy atom. The molecule has 6 heteroatoms. The first-order valence-electron chi connectivity index (χ1n) is 4.93. The first-order valence-corrected chi connectivity index (χ1v) is 5.30. The molecule has 0 spiro atoms. The highest BCUT2D eigenvalue weighted by molar-refractivity contribution is 6.33. The fraction of sp³-hybridized carbons (Fsp3) is 0.300. The smallest absolute Gasteiger partial charge is 0.182 e. The van der Waals surface area contributed by atoms with Crippen molar-refractivity contribution in [2.24, 2.45) is 0 Å². The van der Waals surface area contributed by atoms with E-state index in [4.69, 9.17) is 17.3 Å². The van der Waals surface area contributed by atoms with E-state index in [1.165, 1.54) is 0 Å². The maximum atomic E-state index is 5.96. The number of nitrogens with two attached hydrogens (primary N) is 1. The number of hydrogen-bond acceptors (Lipinski definition) is 4. The van der Waals surface area contributed by atoms with E-state index in [0.29, 0.717) is 16.5 Å². The molecule has 0 aliphatic carbocycles. The lowest BCUT2D eigenvalue weighted by atomic mass is 10.2. The van der Waals surface area contributed by atoms with Gasteiger partial charge in [0.05, 0.1) is 16.8 Å². The number of rotatable bonds is 2. The third kappa shape index (κ3) is 1.86. The van der Waals surface area contributed by atoms with Crippen LogP contribution >= 0.6 is 11.6 Å². The van der Waals surface area contributed by atoms with Crippen LogP contribution in [0.4, 0.5) is 5.69 Å². The molecule has 1 heterocycles. The average molecular weight is 238 g/mol. The van der Waals surface area contributed by atoms with Gasteiger partial charge in [0.25, 0.3) is 0 Å². The van der Waals surface area contributed by atoms with Crippen LogP contribution in [0.5, 0.6) is 0 Å². The summed E-state index contributed by atoms with van der Waals surface area (Å²) >= 11 is 5.96. The lowest BCUT2D eigenvalue weighted by molar-refractivity contribution is 0.519. The highest BCUT2D eigenvalue weighted by Gasteiger charge is 2.12. The molecule has 0 saturated carbocycles. The summed E-state index contributed by atoms with van der Waals surface area (Å²) in [6.45, 7) is 4.03. The number of tetrazole rings is 1. The Kier molecular flexibility index (Phi) is 2.78. The maximum absolute atomic E-state index is 5.96. The number of halogens is 1. The minimum atomic E-state index is 0.196. The summed E-state index contributed by atoms with van der Waals surface area (Å²) in [5.41, 5.74) is 7.06. The van der Waals surface area contributed by atoms with Gasteiger partial charge < -0.3 is 5.73 Å². The molecule has 0 bridgehead atoms. The number of benzene rings is 1. The second-order valence-electron chi connectivity index (χ2n) is 3.78. The van der Waals surface area contributed by atoms with Gasteiger partial charge in [-0.2, -0.15) is 0 Å². The highest BCUT2D eigenvalue weighted by atomic mass is 35.5. The molecule has 0 saturated heterocycles. The SMILES string of the molecule is CC(C)n1nnnc1-c1ccc(N)c(Cl)c1. The summed E-state index contributed by atoms with van der Waals surface area (Å²) in [4.78, 5) is 0. The Morgan fingerprint density at radius 2 is 2.12 bits per heavy atom. The molecule has 2 aromatic rings. The monoisotopic (exact) mass is 237 g/mol. The number of nitrogen functional groups attached to an aromatic ring is 1. The van der Waals surface area contributed by atoms with E-state index in [0.717, 1.165) is 5.56 Å². The molecule has 2 N–H and O–H groups in total. The van der Waals surface area contributed by atoms with Gasteiger partial charge in [-0.25, -0.2) is 4.68 Å². The topological polar surface area (TPSA) is 69.6 Å². The highest BCUT2D eigenvalue weighted by Crippen LogP contribution is 2.26. The maximum Gasteiger partial charge on any atom is 0.182 e. The normalized spacial score (nSPS) is 11.0. The third-order valence-corrected chi connectivity index (χ3v) is 2.57. The minimum absolute atomic E-state index is 0.196. The van der Waals surface area contributed by atoms with Crippen molar-refractivity contribution >= 4 is 17.3 Å². The number of anilines is 1. The first kappa shape index (κ1) is 10.9. The molecule has 2 rings (SSSR count). The van der Waals surface area contributed by atoms with Crippen molar-refractivity contribution in [3.05, 3.63) is 23.2 Å². The first-order chi connectivity index (χ1) is 7.59. The van der Waals surface area contributed by atoms with Gasteiger partial charge in [-0.3, -0.25) is 0 Å². The van der Waals surface area contributed by atoms with E-state index < -0.39 is 0 Å². The molecule has 84 valence electrons. The van der Waals surface area contributed by atoms with Crippen LogP contribution in [0, 0.1) is 0 Å². The predicted molar refractivity (Wildman–Crippen MR) is 63.1 cm³/mol. The summed E-state index contributed by atoms with van der Waals surface area (Å²) in [6.07, 6.45) is 0. The van der Waals surface area contributed by atoms with Crippen LogP contribution in [0.15, 0.2) is 18.2 Å². The van der Waals surface area contributed by atoms with Gasteiger partial charge in [0.2, 0.25) is 0 Å². The van der Waals surface area contributed by atoms with Crippen LogP contribution in [-0.4, -0.2) is 20.2 Å². The van der Waals surface area contributed by atoms with Crippen LogP contribution < -0.4 is 5.73 Å². The standard InChI is InChI=1S/C10H12ClN5/c1-6(2)16-10(13-14-15-16)7-3-4-9(12)8(11)5-7/h3-6H,12H2,1-2H3. The quantitative estimate of drug-likeness (QED) is 0.813. The van der Waals surface area contributed by atoms with E-state index in [9.17, 15) is 0 Å². The van der Waals surface area contributed by atoms with Crippen molar-refractivity contribution in [2.45, 2.75) is 19.9 Å². The van der Waals surface area contributed by atoms with Crippen molar-refractivity contribution in [1.29, 1.82) is 0 Å². The molecule has 16 heavy (non-hydrogen) atoms. The van der Waals surface area contributed by atoms with Gasteiger partial charge in [-0.05, 0) is 42.5 Å². The molecule has 0 aliphatic rings. The average Bonchev–Trinajstić information content (AvgIpc) is 2.71. The van der Waals surface area contributed by atoms with E-state index in [1.807, 2.05) is 19.9 Å². The van der Waals surface area contributed by atoms with Crippen LogP contribution in [0.2, 0.25) is 5.02 Å². The predicted octanol–water partition coefficient (Wildman–Crippen LogP) is 2.16. The Morgan fingerprint density at radius 3 is 2.75 bits per heavy atom. The van der Waals surface area contributed by atoms with Gasteiger partial charge in [-0.1, -0.05) is 11.6 Å². The second-order valence-corrected chi connectivity index (χ2v) is 4.18. The van der Waals surface area contributed by atoms with E-state index >= 15 is 0 Å². The fourth-order valence-electron chi connectivity index (χ4n) is 1.40. The van der Waals surface area contributed by atoms with Crippen molar-refractivity contribution < 1.29 is 0 Å². The second kappa shape index (κ2) is 4.09. The third-order valence-electron chi connectivity index (χ3n) is 2.24. The molecular weight excluding hydrogens is 226 g/mol. The molecule has 0 fully saturated rings. The van der Waals surface area contributed by atoms with E-state index in [-0.39, 0.29) is 6.04 Å². The Balaban J connectivity index is 2.50. The number of nitrogens with zero attached hydrogens (tertiary/aromatic N) is 4. The summed E-state index contributed by atoms with van der Waals surface area (Å²) in [5.74, 6) is 0.692. The molecule has 1 aromatic heterocycles. The molecule has 0 amide bonds. The van der Waals surface area contributed by atoms with E-state index in [1.54, 1.807) is 16.8 Å². The van der Waals surface area contributed by atoms with Crippen molar-refractivity contribution in [2.75, 3.05) is 5.73 Å². The molecule has 0 unspecified atom stereocenters. The molecule has 0 radical (unpaired) electrons. The Bertz CT molecular complexity index is 506. The molecule has 0 aliphatic heterocycles. The summed E-state index contributed by atoms with van der Waals surface area (Å²) in [5, 5.41) is 12.1. The van der Waals surface area contributed by atoms with Crippen molar-refractivity contribution in [1.82, 2.24) is 20.2 Å². The zero-order valence-corrected chi connectivity index (χ0v) is 9.81. The minimum Gasteiger partial charge on any atom is -0.398 e. The molecular formula is C10H12ClN5. The molecule has 0 atom stereocenters.